The molecular weight excluding hydrogens is 198 g/mol. The van der Waals surface area contributed by atoms with Gasteiger partial charge in [0.05, 0.1) is 0 Å². The maximum atomic E-state index is 10.4. The van der Waals surface area contributed by atoms with E-state index < -0.39 is 0 Å². The summed E-state index contributed by atoms with van der Waals surface area (Å²) in [6.07, 6.45) is 20.5. The van der Waals surface area contributed by atoms with Crippen LogP contribution in [-0.4, -0.2) is 5.91 Å². The van der Waals surface area contributed by atoms with Gasteiger partial charge in [-0.3, -0.25) is 4.79 Å². The van der Waals surface area contributed by atoms with Crippen molar-refractivity contribution in [3.8, 4) is 0 Å². The number of primary amides is 1. The molecular formula is C14H19NO. The Kier molecular flexibility index (Phi) is 9.96. The summed E-state index contributed by atoms with van der Waals surface area (Å²) >= 11 is 0. The Hall–Kier alpha value is -1.83. The molecule has 16 heavy (non-hydrogen) atoms. The highest BCUT2D eigenvalue weighted by Gasteiger charge is 1.87. The Morgan fingerprint density at radius 2 is 1.44 bits per heavy atom. The lowest BCUT2D eigenvalue weighted by molar-refractivity contribution is -0.117. The molecule has 0 bridgehead atoms. The Labute approximate surface area is 97.5 Å². The predicted octanol–water partition coefficient (Wildman–Crippen LogP) is 3.05. The van der Waals surface area contributed by atoms with E-state index in [1.165, 1.54) is 0 Å². The number of hydrogen-bond donors (Lipinski definition) is 1. The Balaban J connectivity index is 3.64. The van der Waals surface area contributed by atoms with Crippen LogP contribution in [-0.2, 0) is 4.79 Å². The summed E-state index contributed by atoms with van der Waals surface area (Å²) in [5.74, 6) is -0.261. The van der Waals surface area contributed by atoms with E-state index in [1.54, 1.807) is 0 Å². The fraction of sp³-hybridized carbons (Fsp3) is 0.214. The Morgan fingerprint density at radius 3 is 1.94 bits per heavy atom. The van der Waals surface area contributed by atoms with Crippen molar-refractivity contribution in [1.29, 1.82) is 0 Å². The lowest BCUT2D eigenvalue weighted by atomic mass is 10.3. The van der Waals surface area contributed by atoms with Gasteiger partial charge in [0.25, 0.3) is 0 Å². The van der Waals surface area contributed by atoms with Crippen LogP contribution in [0.5, 0.6) is 0 Å². The monoisotopic (exact) mass is 217 g/mol. The number of nitrogens with two attached hydrogens (primary N) is 1. The van der Waals surface area contributed by atoms with E-state index >= 15 is 0 Å². The maximum absolute atomic E-state index is 10.4. The van der Waals surface area contributed by atoms with Crippen molar-refractivity contribution in [2.45, 2.75) is 19.8 Å². The predicted molar refractivity (Wildman–Crippen MR) is 69.8 cm³/mol. The van der Waals surface area contributed by atoms with Crippen LogP contribution in [0.3, 0.4) is 0 Å². The summed E-state index contributed by atoms with van der Waals surface area (Å²) in [6.45, 7) is 1.98. The van der Waals surface area contributed by atoms with E-state index in [-0.39, 0.29) is 5.91 Å². The summed E-state index contributed by atoms with van der Waals surface area (Å²) in [5, 5.41) is 0. The number of hydrogen-bond acceptors (Lipinski definition) is 1. The maximum Gasteiger partial charge on any atom is 0.217 e. The molecule has 1 amide bonds. The third-order valence-corrected chi connectivity index (χ3v) is 1.66. The van der Waals surface area contributed by atoms with Crippen molar-refractivity contribution in [1.82, 2.24) is 0 Å². The molecule has 0 heterocycles. The highest BCUT2D eigenvalue weighted by atomic mass is 16.1. The third-order valence-electron chi connectivity index (χ3n) is 1.66. The number of carbonyl (C=O) groups excluding carboxylic acids is 1. The summed E-state index contributed by atoms with van der Waals surface area (Å²) in [6, 6.07) is 0. The second-order valence-electron chi connectivity index (χ2n) is 3.11. The van der Waals surface area contributed by atoms with Gasteiger partial charge in [-0.05, 0) is 13.3 Å². The lowest BCUT2D eigenvalue weighted by Gasteiger charge is -1.85. The van der Waals surface area contributed by atoms with Gasteiger partial charge >= 0.3 is 0 Å². The molecule has 0 radical (unpaired) electrons. The largest absolute Gasteiger partial charge is 0.370 e. The van der Waals surface area contributed by atoms with Crippen molar-refractivity contribution in [2.24, 2.45) is 5.73 Å². The van der Waals surface area contributed by atoms with Crippen molar-refractivity contribution in [3.05, 3.63) is 60.8 Å². The van der Waals surface area contributed by atoms with E-state index in [1.807, 2.05) is 67.7 Å². The molecule has 86 valence electrons. The molecule has 0 aliphatic heterocycles. The fourth-order valence-corrected chi connectivity index (χ4v) is 0.896. The summed E-state index contributed by atoms with van der Waals surface area (Å²) in [7, 11) is 0. The molecule has 0 saturated heterocycles. The molecule has 0 atom stereocenters. The number of rotatable bonds is 7. The van der Waals surface area contributed by atoms with Gasteiger partial charge in [-0.2, -0.15) is 0 Å². The Morgan fingerprint density at radius 1 is 0.938 bits per heavy atom. The average molecular weight is 217 g/mol. The van der Waals surface area contributed by atoms with Gasteiger partial charge in [-0.15, -0.1) is 0 Å². The second kappa shape index (κ2) is 11.2. The topological polar surface area (TPSA) is 43.1 Å². The molecule has 0 aromatic heterocycles. The standard InChI is InChI=1S/C14H19NO/c1-2-3-4-5-6-7-8-9-10-11-12-13-14(15)16/h2-11H,12-13H2,1H3,(H2,15,16)/b3-2+,5-4+,7-6+,9-8+,11-10+. The van der Waals surface area contributed by atoms with Crippen LogP contribution in [0.25, 0.3) is 0 Å². The molecule has 0 unspecified atom stereocenters. The van der Waals surface area contributed by atoms with Crippen LogP contribution in [0.4, 0.5) is 0 Å². The van der Waals surface area contributed by atoms with Gasteiger partial charge in [0, 0.05) is 6.42 Å². The van der Waals surface area contributed by atoms with Crippen LogP contribution in [0.2, 0.25) is 0 Å². The van der Waals surface area contributed by atoms with Crippen LogP contribution in [0, 0.1) is 0 Å². The minimum absolute atomic E-state index is 0.261. The molecule has 0 aromatic rings. The SMILES string of the molecule is C/C=C/C=C/C=C/C=C/C=C/CCC(N)=O. The Bertz CT molecular complexity index is 320. The molecule has 0 rings (SSSR count). The van der Waals surface area contributed by atoms with Crippen LogP contribution < -0.4 is 5.73 Å². The molecule has 0 aliphatic rings. The minimum Gasteiger partial charge on any atom is -0.370 e. The number of carbonyl (C=O) groups is 1. The zero-order valence-electron chi connectivity index (χ0n) is 9.67. The first kappa shape index (κ1) is 14.2. The average Bonchev–Trinajstić information content (AvgIpc) is 2.25. The van der Waals surface area contributed by atoms with Crippen molar-refractivity contribution in [2.75, 3.05) is 0 Å². The van der Waals surface area contributed by atoms with E-state index in [4.69, 9.17) is 5.73 Å². The van der Waals surface area contributed by atoms with E-state index in [0.717, 1.165) is 0 Å². The van der Waals surface area contributed by atoms with Gasteiger partial charge in [0.2, 0.25) is 5.91 Å². The molecule has 0 saturated carbocycles. The smallest absolute Gasteiger partial charge is 0.217 e. The molecule has 2 N–H and O–H groups in total. The molecule has 0 aliphatic carbocycles. The van der Waals surface area contributed by atoms with Crippen LogP contribution >= 0.6 is 0 Å². The van der Waals surface area contributed by atoms with Crippen molar-refractivity contribution >= 4 is 5.91 Å². The molecule has 2 nitrogen and oxygen atoms in total. The van der Waals surface area contributed by atoms with Crippen molar-refractivity contribution < 1.29 is 4.79 Å². The quantitative estimate of drug-likeness (QED) is 0.654. The highest BCUT2D eigenvalue weighted by molar-refractivity contribution is 5.73. The van der Waals surface area contributed by atoms with Gasteiger partial charge in [-0.1, -0.05) is 60.8 Å². The molecule has 2 heteroatoms. The minimum atomic E-state index is -0.261. The van der Waals surface area contributed by atoms with Crippen molar-refractivity contribution in [3.63, 3.8) is 0 Å². The van der Waals surface area contributed by atoms with Crippen LogP contribution in [0.15, 0.2) is 60.8 Å². The van der Waals surface area contributed by atoms with Gasteiger partial charge in [0.1, 0.15) is 0 Å². The third kappa shape index (κ3) is 12.2. The van der Waals surface area contributed by atoms with E-state index in [9.17, 15) is 4.79 Å². The zero-order valence-corrected chi connectivity index (χ0v) is 9.67. The van der Waals surface area contributed by atoms with Gasteiger partial charge < -0.3 is 5.73 Å². The zero-order chi connectivity index (χ0) is 12.1. The number of allylic oxidation sites excluding steroid dienone is 10. The fourth-order valence-electron chi connectivity index (χ4n) is 0.896. The first-order valence-electron chi connectivity index (χ1n) is 5.33. The molecule has 0 aromatic carbocycles. The van der Waals surface area contributed by atoms with Gasteiger partial charge in [-0.25, -0.2) is 0 Å². The normalized spacial score (nSPS) is 13.1. The summed E-state index contributed by atoms with van der Waals surface area (Å²) < 4.78 is 0. The second-order valence-corrected chi connectivity index (χ2v) is 3.11. The summed E-state index contributed by atoms with van der Waals surface area (Å²) in [5.41, 5.74) is 5.00. The summed E-state index contributed by atoms with van der Waals surface area (Å²) in [4.78, 5) is 10.4. The van der Waals surface area contributed by atoms with Crippen LogP contribution in [0.1, 0.15) is 19.8 Å². The number of amides is 1. The lowest BCUT2D eigenvalue weighted by Crippen LogP contribution is -2.08. The molecule has 0 fully saturated rings. The van der Waals surface area contributed by atoms with E-state index in [0.29, 0.717) is 12.8 Å². The van der Waals surface area contributed by atoms with E-state index in [2.05, 4.69) is 0 Å². The van der Waals surface area contributed by atoms with Gasteiger partial charge in [0.15, 0.2) is 0 Å². The highest BCUT2D eigenvalue weighted by Crippen LogP contribution is 1.90. The first-order chi connectivity index (χ1) is 7.77. The first-order valence-corrected chi connectivity index (χ1v) is 5.33. The molecule has 0 spiro atoms.